The lowest BCUT2D eigenvalue weighted by atomic mass is 10.0. The van der Waals surface area contributed by atoms with E-state index in [0.29, 0.717) is 0 Å². The number of carbonyl (C=O) groups excluding carboxylic acids is 3. The SMILES string of the molecule is COC(=O)CC(C)SCC(=O)NC(C(C)=O)C(C)C. The number of esters is 1. The quantitative estimate of drug-likeness (QED) is 0.684. The molecule has 0 aromatic rings. The van der Waals surface area contributed by atoms with Crippen LogP contribution in [0.4, 0.5) is 0 Å². The molecule has 1 amide bonds. The lowest BCUT2D eigenvalue weighted by molar-refractivity contribution is -0.140. The van der Waals surface area contributed by atoms with Gasteiger partial charge >= 0.3 is 5.97 Å². The first-order valence-corrected chi connectivity index (χ1v) is 7.31. The Hall–Kier alpha value is -1.04. The van der Waals surface area contributed by atoms with Gasteiger partial charge in [-0.1, -0.05) is 20.8 Å². The van der Waals surface area contributed by atoms with Crippen molar-refractivity contribution in [2.24, 2.45) is 5.92 Å². The average Bonchev–Trinajstić information content (AvgIpc) is 2.32. The largest absolute Gasteiger partial charge is 0.469 e. The zero-order valence-corrected chi connectivity index (χ0v) is 13.0. The van der Waals surface area contributed by atoms with Crippen LogP contribution >= 0.6 is 11.8 Å². The van der Waals surface area contributed by atoms with Crippen molar-refractivity contribution >= 4 is 29.4 Å². The summed E-state index contributed by atoms with van der Waals surface area (Å²) in [4.78, 5) is 34.1. The van der Waals surface area contributed by atoms with Crippen LogP contribution in [0.25, 0.3) is 0 Å². The molecule has 0 aliphatic rings. The summed E-state index contributed by atoms with van der Waals surface area (Å²) in [6.07, 6.45) is 0.273. The third kappa shape index (κ3) is 7.87. The van der Waals surface area contributed by atoms with Crippen LogP contribution in [0.2, 0.25) is 0 Å². The highest BCUT2D eigenvalue weighted by Crippen LogP contribution is 2.14. The molecule has 2 unspecified atom stereocenters. The van der Waals surface area contributed by atoms with Crippen LogP contribution in [-0.2, 0) is 19.1 Å². The van der Waals surface area contributed by atoms with Gasteiger partial charge in [-0.2, -0.15) is 0 Å². The van der Waals surface area contributed by atoms with Gasteiger partial charge in [0.1, 0.15) is 0 Å². The molecule has 0 radical (unpaired) electrons. The van der Waals surface area contributed by atoms with Crippen LogP contribution in [0.1, 0.15) is 34.1 Å². The number of thioether (sulfide) groups is 1. The number of methoxy groups -OCH3 is 1. The number of Topliss-reactive ketones (excluding diaryl/α,β-unsaturated/α-hetero) is 1. The van der Waals surface area contributed by atoms with E-state index < -0.39 is 6.04 Å². The fourth-order valence-corrected chi connectivity index (χ4v) is 2.32. The van der Waals surface area contributed by atoms with E-state index in [4.69, 9.17) is 0 Å². The molecule has 0 fully saturated rings. The van der Waals surface area contributed by atoms with Crippen molar-refractivity contribution in [2.75, 3.05) is 12.9 Å². The predicted molar refractivity (Wildman–Crippen MR) is 76.0 cm³/mol. The highest BCUT2D eigenvalue weighted by atomic mass is 32.2. The zero-order valence-electron chi connectivity index (χ0n) is 12.2. The van der Waals surface area contributed by atoms with Gasteiger partial charge in [0.05, 0.1) is 25.3 Å². The summed E-state index contributed by atoms with van der Waals surface area (Å²) in [5.41, 5.74) is 0. The van der Waals surface area contributed by atoms with E-state index in [1.54, 1.807) is 0 Å². The van der Waals surface area contributed by atoms with Crippen LogP contribution in [-0.4, -0.2) is 41.8 Å². The van der Waals surface area contributed by atoms with Crippen molar-refractivity contribution < 1.29 is 19.1 Å². The number of ketones is 1. The Morgan fingerprint density at radius 1 is 1.21 bits per heavy atom. The Kier molecular flexibility index (Phi) is 8.47. The molecule has 0 saturated heterocycles. The molecule has 0 rings (SSSR count). The first kappa shape index (κ1) is 18.0. The Morgan fingerprint density at radius 2 is 1.79 bits per heavy atom. The topological polar surface area (TPSA) is 72.5 Å². The van der Waals surface area contributed by atoms with E-state index in [2.05, 4.69) is 10.1 Å². The number of nitrogens with one attached hydrogen (secondary N) is 1. The number of hydrogen-bond donors (Lipinski definition) is 1. The lowest BCUT2D eigenvalue weighted by Crippen LogP contribution is -2.44. The monoisotopic (exact) mass is 289 g/mol. The fourth-order valence-electron chi connectivity index (χ4n) is 1.55. The van der Waals surface area contributed by atoms with E-state index >= 15 is 0 Å². The molecule has 5 nitrogen and oxygen atoms in total. The minimum atomic E-state index is -0.441. The maximum atomic E-state index is 11.7. The first-order chi connectivity index (χ1) is 8.77. The summed E-state index contributed by atoms with van der Waals surface area (Å²) in [7, 11) is 1.34. The molecular weight excluding hydrogens is 266 g/mol. The van der Waals surface area contributed by atoms with Crippen molar-refractivity contribution in [3.63, 3.8) is 0 Å². The fraction of sp³-hybridized carbons (Fsp3) is 0.769. The molecule has 19 heavy (non-hydrogen) atoms. The van der Waals surface area contributed by atoms with Crippen molar-refractivity contribution in [3.8, 4) is 0 Å². The minimum absolute atomic E-state index is 0.00743. The highest BCUT2D eigenvalue weighted by Gasteiger charge is 2.21. The summed E-state index contributed by atoms with van der Waals surface area (Å²) in [5.74, 6) is -0.219. The highest BCUT2D eigenvalue weighted by molar-refractivity contribution is 8.00. The van der Waals surface area contributed by atoms with Crippen molar-refractivity contribution in [2.45, 2.75) is 45.4 Å². The maximum absolute atomic E-state index is 11.7. The molecule has 6 heteroatoms. The Morgan fingerprint density at radius 3 is 2.21 bits per heavy atom. The van der Waals surface area contributed by atoms with Gasteiger partial charge in [-0.05, 0) is 12.8 Å². The maximum Gasteiger partial charge on any atom is 0.306 e. The first-order valence-electron chi connectivity index (χ1n) is 6.26. The third-order valence-corrected chi connectivity index (χ3v) is 3.77. The van der Waals surface area contributed by atoms with E-state index in [9.17, 15) is 14.4 Å². The molecule has 0 aromatic heterocycles. The van der Waals surface area contributed by atoms with Gasteiger partial charge in [0, 0.05) is 5.25 Å². The van der Waals surface area contributed by atoms with Gasteiger partial charge in [0.15, 0.2) is 5.78 Å². The second-order valence-electron chi connectivity index (χ2n) is 4.80. The molecule has 0 aromatic carbocycles. The van der Waals surface area contributed by atoms with E-state index in [1.807, 2.05) is 20.8 Å². The van der Waals surface area contributed by atoms with Gasteiger partial charge in [-0.15, -0.1) is 11.8 Å². The second-order valence-corrected chi connectivity index (χ2v) is 6.23. The minimum Gasteiger partial charge on any atom is -0.469 e. The summed E-state index contributed by atoms with van der Waals surface area (Å²) in [6.45, 7) is 7.11. The average molecular weight is 289 g/mol. The summed E-state index contributed by atoms with van der Waals surface area (Å²) < 4.78 is 4.56. The van der Waals surface area contributed by atoms with Crippen LogP contribution in [0.5, 0.6) is 0 Å². The molecule has 0 aliphatic heterocycles. The molecule has 0 bridgehead atoms. The second kappa shape index (κ2) is 8.96. The standard InChI is InChI=1S/C13H23NO4S/c1-8(2)13(10(4)15)14-11(16)7-19-9(3)6-12(17)18-5/h8-9,13H,6-7H2,1-5H3,(H,14,16). The number of amides is 1. The van der Waals surface area contributed by atoms with Crippen LogP contribution in [0.3, 0.4) is 0 Å². The summed E-state index contributed by atoms with van der Waals surface area (Å²) in [6, 6.07) is -0.441. The number of hydrogen-bond acceptors (Lipinski definition) is 5. The van der Waals surface area contributed by atoms with E-state index in [-0.39, 0.29) is 41.0 Å². The van der Waals surface area contributed by atoms with Gasteiger partial charge < -0.3 is 10.1 Å². The van der Waals surface area contributed by atoms with Crippen LogP contribution < -0.4 is 5.32 Å². The predicted octanol–water partition coefficient (Wildman–Crippen LogP) is 1.40. The molecule has 0 heterocycles. The molecule has 0 saturated carbocycles. The third-order valence-electron chi connectivity index (χ3n) is 2.60. The summed E-state index contributed by atoms with van der Waals surface area (Å²) >= 11 is 1.37. The van der Waals surface area contributed by atoms with Crippen LogP contribution in [0.15, 0.2) is 0 Å². The molecule has 0 aliphatic carbocycles. The normalized spacial score (nSPS) is 13.8. The molecule has 2 atom stereocenters. The molecule has 1 N–H and O–H groups in total. The number of rotatable bonds is 8. The lowest BCUT2D eigenvalue weighted by Gasteiger charge is -2.19. The van der Waals surface area contributed by atoms with E-state index in [0.717, 1.165) is 0 Å². The van der Waals surface area contributed by atoms with E-state index in [1.165, 1.54) is 25.8 Å². The zero-order chi connectivity index (χ0) is 15.0. The van der Waals surface area contributed by atoms with Gasteiger partial charge in [0.2, 0.25) is 5.91 Å². The Bertz CT molecular complexity index is 331. The summed E-state index contributed by atoms with van der Waals surface area (Å²) in [5, 5.41) is 2.72. The molecular formula is C13H23NO4S. The van der Waals surface area contributed by atoms with Crippen molar-refractivity contribution in [3.05, 3.63) is 0 Å². The van der Waals surface area contributed by atoms with Gasteiger partial charge in [-0.3, -0.25) is 14.4 Å². The van der Waals surface area contributed by atoms with Gasteiger partial charge in [0.25, 0.3) is 0 Å². The van der Waals surface area contributed by atoms with Crippen molar-refractivity contribution in [1.29, 1.82) is 0 Å². The molecule has 0 spiro atoms. The molecule has 110 valence electrons. The van der Waals surface area contributed by atoms with Gasteiger partial charge in [-0.25, -0.2) is 0 Å². The Balaban J connectivity index is 4.10. The number of ether oxygens (including phenoxy) is 1. The van der Waals surface area contributed by atoms with Crippen molar-refractivity contribution in [1.82, 2.24) is 5.32 Å². The van der Waals surface area contributed by atoms with Crippen LogP contribution in [0, 0.1) is 5.92 Å². The number of carbonyl (C=O) groups is 3. The smallest absolute Gasteiger partial charge is 0.306 e. The Labute approximate surface area is 118 Å².